The lowest BCUT2D eigenvalue weighted by molar-refractivity contribution is -0.125. The maximum atomic E-state index is 11.5. The Morgan fingerprint density at radius 3 is 2.75 bits per heavy atom. The number of primary amides is 1. The predicted molar refractivity (Wildman–Crippen MR) is 66.7 cm³/mol. The van der Waals surface area contributed by atoms with E-state index in [2.05, 4.69) is 27.9 Å². The van der Waals surface area contributed by atoms with Crippen LogP contribution >= 0.6 is 22.6 Å². The minimum atomic E-state index is -1.35. The first-order chi connectivity index (χ1) is 7.50. The summed E-state index contributed by atoms with van der Waals surface area (Å²) >= 11 is 2.09. The van der Waals surface area contributed by atoms with Gasteiger partial charge in [0.1, 0.15) is 6.10 Å². The Morgan fingerprint density at radius 2 is 2.19 bits per heavy atom. The number of carbonyl (C=O) groups is 2. The number of nitrogens with two attached hydrogens (primary N) is 1. The third-order valence-electron chi connectivity index (χ3n) is 1.87. The van der Waals surface area contributed by atoms with E-state index >= 15 is 0 Å². The molecule has 1 atom stereocenters. The Labute approximate surface area is 106 Å². The topological polar surface area (TPSA) is 92.4 Å². The van der Waals surface area contributed by atoms with Gasteiger partial charge in [-0.05, 0) is 40.8 Å². The third kappa shape index (κ3) is 3.78. The van der Waals surface area contributed by atoms with E-state index < -0.39 is 12.0 Å². The number of hydrogen-bond donors (Lipinski definition) is 3. The molecule has 2 amide bonds. The van der Waals surface area contributed by atoms with Crippen LogP contribution in [-0.2, 0) is 4.79 Å². The van der Waals surface area contributed by atoms with Gasteiger partial charge in [-0.3, -0.25) is 9.59 Å². The largest absolute Gasteiger partial charge is 0.381 e. The highest BCUT2D eigenvalue weighted by atomic mass is 127. The molecule has 0 saturated carbocycles. The molecule has 86 valence electrons. The van der Waals surface area contributed by atoms with Gasteiger partial charge in [0.2, 0.25) is 5.91 Å². The Bertz CT molecular complexity index is 409. The first-order valence-corrected chi connectivity index (χ1v) is 5.59. The molecule has 0 fully saturated rings. The van der Waals surface area contributed by atoms with E-state index in [1.807, 2.05) is 6.07 Å². The molecule has 0 saturated heterocycles. The summed E-state index contributed by atoms with van der Waals surface area (Å²) in [7, 11) is 0. The van der Waals surface area contributed by atoms with Gasteiger partial charge in [-0.25, -0.2) is 0 Å². The van der Waals surface area contributed by atoms with Crippen LogP contribution in [0.15, 0.2) is 24.3 Å². The minimum Gasteiger partial charge on any atom is -0.381 e. The molecule has 4 N–H and O–H groups in total. The van der Waals surface area contributed by atoms with Crippen molar-refractivity contribution in [3.05, 3.63) is 33.4 Å². The molecule has 5 nitrogen and oxygen atoms in total. The van der Waals surface area contributed by atoms with E-state index in [0.29, 0.717) is 5.56 Å². The fraction of sp³-hybridized carbons (Fsp3) is 0.200. The van der Waals surface area contributed by atoms with E-state index in [9.17, 15) is 9.59 Å². The normalized spacial score (nSPS) is 11.9. The van der Waals surface area contributed by atoms with Crippen molar-refractivity contribution in [3.8, 4) is 0 Å². The number of benzene rings is 1. The molecular formula is C10H11IN2O3. The molecule has 0 spiro atoms. The summed E-state index contributed by atoms with van der Waals surface area (Å²) in [5.41, 5.74) is 5.32. The fourth-order valence-electron chi connectivity index (χ4n) is 1.02. The van der Waals surface area contributed by atoms with Crippen molar-refractivity contribution in [3.63, 3.8) is 0 Å². The predicted octanol–water partition coefficient (Wildman–Crippen LogP) is -0.133. The molecule has 16 heavy (non-hydrogen) atoms. The van der Waals surface area contributed by atoms with Crippen molar-refractivity contribution in [1.29, 1.82) is 0 Å². The number of carbonyl (C=O) groups excluding carboxylic acids is 2. The summed E-state index contributed by atoms with van der Waals surface area (Å²) in [5, 5.41) is 11.5. The quantitative estimate of drug-likeness (QED) is 0.670. The van der Waals surface area contributed by atoms with Gasteiger partial charge in [0, 0.05) is 9.13 Å². The van der Waals surface area contributed by atoms with Gasteiger partial charge in [0.25, 0.3) is 5.91 Å². The van der Waals surface area contributed by atoms with E-state index in [-0.39, 0.29) is 12.5 Å². The summed E-state index contributed by atoms with van der Waals surface area (Å²) in [6.07, 6.45) is -1.35. The number of amides is 2. The number of halogens is 1. The first-order valence-electron chi connectivity index (χ1n) is 4.52. The van der Waals surface area contributed by atoms with Crippen molar-refractivity contribution in [2.45, 2.75) is 6.10 Å². The Hall–Kier alpha value is -1.15. The number of aliphatic hydroxyl groups is 1. The molecule has 1 rings (SSSR count). The molecule has 0 aliphatic carbocycles. The van der Waals surface area contributed by atoms with Crippen molar-refractivity contribution in [2.75, 3.05) is 6.54 Å². The van der Waals surface area contributed by atoms with Gasteiger partial charge < -0.3 is 16.2 Å². The van der Waals surface area contributed by atoms with Crippen LogP contribution in [-0.4, -0.2) is 29.6 Å². The van der Waals surface area contributed by atoms with Crippen LogP contribution in [0.1, 0.15) is 10.4 Å². The Morgan fingerprint density at radius 1 is 1.50 bits per heavy atom. The fourth-order valence-corrected chi connectivity index (χ4v) is 1.56. The lowest BCUT2D eigenvalue weighted by Crippen LogP contribution is -2.39. The highest BCUT2D eigenvalue weighted by molar-refractivity contribution is 14.1. The summed E-state index contributed by atoms with van der Waals surface area (Å²) in [6.45, 7) is -0.181. The van der Waals surface area contributed by atoms with Gasteiger partial charge >= 0.3 is 0 Å². The first kappa shape index (κ1) is 12.9. The van der Waals surface area contributed by atoms with E-state index in [4.69, 9.17) is 10.8 Å². The summed E-state index contributed by atoms with van der Waals surface area (Å²) in [4.78, 5) is 22.1. The third-order valence-corrected chi connectivity index (χ3v) is 2.54. The van der Waals surface area contributed by atoms with Crippen LogP contribution in [0.2, 0.25) is 0 Å². The molecule has 0 heterocycles. The van der Waals surface area contributed by atoms with Crippen molar-refractivity contribution >= 4 is 34.4 Å². The van der Waals surface area contributed by atoms with Gasteiger partial charge in [-0.1, -0.05) is 6.07 Å². The number of nitrogens with one attached hydrogen (secondary N) is 1. The van der Waals surface area contributed by atoms with Gasteiger partial charge in [-0.2, -0.15) is 0 Å². The minimum absolute atomic E-state index is 0.181. The Balaban J connectivity index is 2.56. The van der Waals surface area contributed by atoms with Crippen LogP contribution in [0.4, 0.5) is 0 Å². The van der Waals surface area contributed by atoms with E-state index in [1.54, 1.807) is 18.2 Å². The van der Waals surface area contributed by atoms with Crippen LogP contribution in [0.3, 0.4) is 0 Å². The average molecular weight is 334 g/mol. The SMILES string of the molecule is NC(=O)C(O)CNC(=O)c1cccc(I)c1. The van der Waals surface area contributed by atoms with Gasteiger partial charge in [0.15, 0.2) is 0 Å². The molecule has 6 heteroatoms. The Kier molecular flexibility index (Phi) is 4.69. The van der Waals surface area contributed by atoms with Crippen molar-refractivity contribution in [2.24, 2.45) is 5.73 Å². The smallest absolute Gasteiger partial charge is 0.251 e. The second kappa shape index (κ2) is 5.80. The van der Waals surface area contributed by atoms with Crippen LogP contribution in [0.5, 0.6) is 0 Å². The summed E-state index contributed by atoms with van der Waals surface area (Å²) in [5.74, 6) is -1.21. The van der Waals surface area contributed by atoms with Crippen LogP contribution in [0, 0.1) is 3.57 Å². The second-order valence-electron chi connectivity index (χ2n) is 3.14. The molecule has 0 bridgehead atoms. The summed E-state index contributed by atoms with van der Waals surface area (Å²) < 4.78 is 0.931. The van der Waals surface area contributed by atoms with Gasteiger partial charge in [0.05, 0.1) is 6.54 Å². The number of hydrogen-bond acceptors (Lipinski definition) is 3. The highest BCUT2D eigenvalue weighted by Gasteiger charge is 2.12. The second-order valence-corrected chi connectivity index (χ2v) is 4.38. The molecule has 0 aliphatic rings. The zero-order valence-corrected chi connectivity index (χ0v) is 10.5. The highest BCUT2D eigenvalue weighted by Crippen LogP contribution is 2.07. The van der Waals surface area contributed by atoms with Crippen LogP contribution in [0.25, 0.3) is 0 Å². The molecule has 1 aromatic rings. The molecular weight excluding hydrogens is 323 g/mol. The van der Waals surface area contributed by atoms with Crippen LogP contribution < -0.4 is 11.1 Å². The van der Waals surface area contributed by atoms with Crippen molar-refractivity contribution < 1.29 is 14.7 Å². The maximum absolute atomic E-state index is 11.5. The maximum Gasteiger partial charge on any atom is 0.251 e. The zero-order chi connectivity index (χ0) is 12.1. The average Bonchev–Trinajstić information content (AvgIpc) is 2.25. The molecule has 1 unspecified atom stereocenters. The zero-order valence-electron chi connectivity index (χ0n) is 8.31. The summed E-state index contributed by atoms with van der Waals surface area (Å²) in [6, 6.07) is 6.96. The monoisotopic (exact) mass is 334 g/mol. The lowest BCUT2D eigenvalue weighted by Gasteiger charge is -2.08. The number of aliphatic hydroxyl groups excluding tert-OH is 1. The molecule has 0 aliphatic heterocycles. The van der Waals surface area contributed by atoms with Crippen molar-refractivity contribution in [1.82, 2.24) is 5.32 Å². The van der Waals surface area contributed by atoms with E-state index in [0.717, 1.165) is 3.57 Å². The molecule has 1 aromatic carbocycles. The van der Waals surface area contributed by atoms with Gasteiger partial charge in [-0.15, -0.1) is 0 Å². The number of rotatable bonds is 4. The molecule has 0 radical (unpaired) electrons. The van der Waals surface area contributed by atoms with E-state index in [1.165, 1.54) is 0 Å². The molecule has 0 aromatic heterocycles. The standard InChI is InChI=1S/C10H11IN2O3/c11-7-3-1-2-6(4-7)10(16)13-5-8(14)9(12)15/h1-4,8,14H,5H2,(H2,12,15)(H,13,16). The lowest BCUT2D eigenvalue weighted by atomic mass is 10.2.